The second kappa shape index (κ2) is 9.22. The van der Waals surface area contributed by atoms with Crippen LogP contribution in [0.15, 0.2) is 30.3 Å². The Balaban J connectivity index is 1.81. The molecule has 154 valence electrons. The highest BCUT2D eigenvalue weighted by Crippen LogP contribution is 2.24. The predicted octanol–water partition coefficient (Wildman–Crippen LogP) is 3.08. The monoisotopic (exact) mass is 388 g/mol. The van der Waals surface area contributed by atoms with E-state index < -0.39 is 11.5 Å². The molecule has 2 unspecified atom stereocenters. The number of nitrogens with one attached hydrogen (secondary N) is 1. The van der Waals surface area contributed by atoms with Crippen LogP contribution in [0.3, 0.4) is 0 Å². The number of hydrogen-bond donors (Lipinski definition) is 1. The summed E-state index contributed by atoms with van der Waals surface area (Å²) in [6.45, 7) is 10.3. The maximum Gasteiger partial charge on any atom is 0.309 e. The number of amides is 2. The van der Waals surface area contributed by atoms with Crippen LogP contribution in [-0.4, -0.2) is 41.9 Å². The molecule has 0 radical (unpaired) electrons. The van der Waals surface area contributed by atoms with Crippen molar-refractivity contribution in [3.05, 3.63) is 35.9 Å². The van der Waals surface area contributed by atoms with Gasteiger partial charge in [-0.15, -0.1) is 0 Å². The van der Waals surface area contributed by atoms with Crippen LogP contribution in [0.25, 0.3) is 0 Å². The molecule has 0 spiro atoms. The van der Waals surface area contributed by atoms with Crippen molar-refractivity contribution in [2.75, 3.05) is 13.1 Å². The molecule has 6 heteroatoms. The lowest BCUT2D eigenvalue weighted by Crippen LogP contribution is -2.46. The Morgan fingerprint density at radius 1 is 1.07 bits per heavy atom. The maximum absolute atomic E-state index is 12.4. The van der Waals surface area contributed by atoms with Gasteiger partial charge in [-0.3, -0.25) is 14.4 Å². The molecule has 0 saturated carbocycles. The molecular weight excluding hydrogens is 356 g/mol. The third kappa shape index (κ3) is 5.81. The van der Waals surface area contributed by atoms with Crippen LogP contribution in [0.1, 0.15) is 59.1 Å². The molecule has 2 rings (SSSR count). The molecule has 1 fully saturated rings. The van der Waals surface area contributed by atoms with E-state index in [0.29, 0.717) is 25.9 Å². The average molecular weight is 389 g/mol. The van der Waals surface area contributed by atoms with E-state index in [1.165, 1.54) is 0 Å². The number of rotatable bonds is 5. The second-order valence-electron chi connectivity index (χ2n) is 8.54. The number of carbonyl (C=O) groups excluding carboxylic acids is 3. The van der Waals surface area contributed by atoms with Gasteiger partial charge in [0.05, 0.1) is 12.0 Å². The van der Waals surface area contributed by atoms with Gasteiger partial charge in [0.25, 0.3) is 5.91 Å². The van der Waals surface area contributed by atoms with E-state index >= 15 is 0 Å². The number of carbonyl (C=O) groups is 3. The summed E-state index contributed by atoms with van der Waals surface area (Å²) < 4.78 is 5.40. The Hall–Kier alpha value is -2.37. The summed E-state index contributed by atoms with van der Waals surface area (Å²) >= 11 is 0. The Bertz CT molecular complexity index is 688. The van der Waals surface area contributed by atoms with Crippen molar-refractivity contribution in [3.8, 4) is 0 Å². The molecule has 1 aliphatic rings. The zero-order valence-electron chi connectivity index (χ0n) is 17.5. The standard InChI is InChI=1S/C22H32N2O4/c1-15(17-9-7-6-8-10-17)23-19(25)16(2)28-20(26)18-11-13-24(14-12-18)21(27)22(3,4)5/h6-10,15-16,18H,11-14H2,1-5H3,(H,23,25). The maximum atomic E-state index is 12.4. The molecule has 1 aromatic rings. The number of piperidine rings is 1. The predicted molar refractivity (Wildman–Crippen MR) is 107 cm³/mol. The number of ether oxygens (including phenoxy) is 1. The molecule has 2 atom stereocenters. The molecule has 1 heterocycles. The van der Waals surface area contributed by atoms with Crippen LogP contribution in [0, 0.1) is 11.3 Å². The molecule has 0 aromatic heterocycles. The summed E-state index contributed by atoms with van der Waals surface area (Å²) in [5, 5.41) is 2.87. The van der Waals surface area contributed by atoms with E-state index in [4.69, 9.17) is 4.74 Å². The van der Waals surface area contributed by atoms with Crippen molar-refractivity contribution in [2.45, 2.75) is 59.6 Å². The zero-order chi connectivity index (χ0) is 20.9. The third-order valence-corrected chi connectivity index (χ3v) is 5.08. The van der Waals surface area contributed by atoms with Crippen molar-refractivity contribution < 1.29 is 19.1 Å². The number of benzene rings is 1. The molecule has 6 nitrogen and oxygen atoms in total. The van der Waals surface area contributed by atoms with E-state index in [-0.39, 0.29) is 29.7 Å². The number of nitrogens with zero attached hydrogens (tertiary/aromatic N) is 1. The summed E-state index contributed by atoms with van der Waals surface area (Å²) in [7, 11) is 0. The summed E-state index contributed by atoms with van der Waals surface area (Å²) in [6, 6.07) is 9.46. The van der Waals surface area contributed by atoms with Crippen molar-refractivity contribution in [3.63, 3.8) is 0 Å². The molecule has 2 amide bonds. The Morgan fingerprint density at radius 3 is 2.18 bits per heavy atom. The smallest absolute Gasteiger partial charge is 0.309 e. The van der Waals surface area contributed by atoms with E-state index in [1.807, 2.05) is 62.9 Å². The fourth-order valence-corrected chi connectivity index (χ4v) is 3.27. The fourth-order valence-electron chi connectivity index (χ4n) is 3.27. The normalized spacial score (nSPS) is 17.5. The minimum absolute atomic E-state index is 0.0990. The van der Waals surface area contributed by atoms with E-state index in [1.54, 1.807) is 6.92 Å². The van der Waals surface area contributed by atoms with Crippen molar-refractivity contribution >= 4 is 17.8 Å². The van der Waals surface area contributed by atoms with Gasteiger partial charge >= 0.3 is 5.97 Å². The van der Waals surface area contributed by atoms with E-state index in [9.17, 15) is 14.4 Å². The highest BCUT2D eigenvalue weighted by Gasteiger charge is 2.34. The van der Waals surface area contributed by atoms with Gasteiger partial charge in [0.1, 0.15) is 0 Å². The molecule has 0 aliphatic carbocycles. The third-order valence-electron chi connectivity index (χ3n) is 5.08. The first kappa shape index (κ1) is 21.9. The van der Waals surface area contributed by atoms with Gasteiger partial charge in [-0.1, -0.05) is 51.1 Å². The summed E-state index contributed by atoms with van der Waals surface area (Å²) in [5.41, 5.74) is 0.570. The van der Waals surface area contributed by atoms with Crippen LogP contribution in [0.5, 0.6) is 0 Å². The van der Waals surface area contributed by atoms with Gasteiger partial charge < -0.3 is 15.0 Å². The molecule has 28 heavy (non-hydrogen) atoms. The lowest BCUT2D eigenvalue weighted by Gasteiger charge is -2.35. The molecule has 1 saturated heterocycles. The van der Waals surface area contributed by atoms with Gasteiger partial charge in [-0.2, -0.15) is 0 Å². The lowest BCUT2D eigenvalue weighted by molar-refractivity contribution is -0.161. The van der Waals surface area contributed by atoms with Gasteiger partial charge in [0.15, 0.2) is 6.10 Å². The van der Waals surface area contributed by atoms with E-state index in [2.05, 4.69) is 5.32 Å². The van der Waals surface area contributed by atoms with Crippen LogP contribution < -0.4 is 5.32 Å². The number of esters is 1. The van der Waals surface area contributed by atoms with Crippen molar-refractivity contribution in [1.29, 1.82) is 0 Å². The van der Waals surface area contributed by atoms with Crippen LogP contribution in [-0.2, 0) is 19.1 Å². The van der Waals surface area contributed by atoms with Gasteiger partial charge in [0, 0.05) is 18.5 Å². The summed E-state index contributed by atoms with van der Waals surface area (Å²) in [4.78, 5) is 38.9. The molecule has 1 aromatic carbocycles. The summed E-state index contributed by atoms with van der Waals surface area (Å²) in [5.74, 6) is -0.851. The minimum atomic E-state index is -0.854. The fraction of sp³-hybridized carbons (Fsp3) is 0.591. The highest BCUT2D eigenvalue weighted by atomic mass is 16.5. The second-order valence-corrected chi connectivity index (χ2v) is 8.54. The number of hydrogen-bond acceptors (Lipinski definition) is 4. The SMILES string of the molecule is CC(OC(=O)C1CCN(C(=O)C(C)(C)C)CC1)C(=O)NC(C)c1ccccc1. The average Bonchev–Trinajstić information content (AvgIpc) is 2.67. The first-order valence-electron chi connectivity index (χ1n) is 9.94. The van der Waals surface area contributed by atoms with Crippen molar-refractivity contribution in [2.24, 2.45) is 11.3 Å². The quantitative estimate of drug-likeness (QED) is 0.787. The first-order chi connectivity index (χ1) is 13.1. The molecular formula is C22H32N2O4. The topological polar surface area (TPSA) is 75.7 Å². The lowest BCUT2D eigenvalue weighted by atomic mass is 9.91. The minimum Gasteiger partial charge on any atom is -0.452 e. The Labute approximate surface area is 167 Å². The van der Waals surface area contributed by atoms with E-state index in [0.717, 1.165) is 5.56 Å². The summed E-state index contributed by atoms with van der Waals surface area (Å²) in [6.07, 6.45) is 0.276. The van der Waals surface area contributed by atoms with Gasteiger partial charge in [0.2, 0.25) is 5.91 Å². The Morgan fingerprint density at radius 2 is 1.64 bits per heavy atom. The van der Waals surface area contributed by atoms with Crippen LogP contribution in [0.2, 0.25) is 0 Å². The van der Waals surface area contributed by atoms with Crippen molar-refractivity contribution in [1.82, 2.24) is 10.2 Å². The van der Waals surface area contributed by atoms with Gasteiger partial charge in [-0.05, 0) is 32.3 Å². The zero-order valence-corrected chi connectivity index (χ0v) is 17.5. The largest absolute Gasteiger partial charge is 0.452 e. The van der Waals surface area contributed by atoms with Crippen LogP contribution in [0.4, 0.5) is 0 Å². The Kier molecular flexibility index (Phi) is 7.22. The highest BCUT2D eigenvalue weighted by molar-refractivity contribution is 5.84. The molecule has 1 aliphatic heterocycles. The molecule has 1 N–H and O–H groups in total. The number of likely N-dealkylation sites (tertiary alicyclic amines) is 1. The molecule has 0 bridgehead atoms. The first-order valence-corrected chi connectivity index (χ1v) is 9.94. The van der Waals surface area contributed by atoms with Crippen LogP contribution >= 0.6 is 0 Å². The van der Waals surface area contributed by atoms with Gasteiger partial charge in [-0.25, -0.2) is 0 Å².